The van der Waals surface area contributed by atoms with Crippen LogP contribution in [0.1, 0.15) is 42.9 Å². The van der Waals surface area contributed by atoms with Crippen LogP contribution in [-0.4, -0.2) is 52.0 Å². The molecule has 3 heterocycles. The number of nitrogens with zero attached hydrogens (tertiary/aromatic N) is 3. The lowest BCUT2D eigenvalue weighted by Gasteiger charge is -2.59. The zero-order chi connectivity index (χ0) is 20.7. The van der Waals surface area contributed by atoms with Crippen LogP contribution in [-0.2, 0) is 16.0 Å². The summed E-state index contributed by atoms with van der Waals surface area (Å²) in [5.74, 6) is 0.289. The molecule has 1 aliphatic carbocycles. The summed E-state index contributed by atoms with van der Waals surface area (Å²) in [5, 5.41) is 10.1. The number of rotatable bonds is 4. The van der Waals surface area contributed by atoms with Crippen molar-refractivity contribution in [2.45, 2.75) is 50.1 Å². The van der Waals surface area contributed by atoms with Crippen molar-refractivity contribution in [2.24, 2.45) is 5.92 Å². The van der Waals surface area contributed by atoms with Gasteiger partial charge in [0.25, 0.3) is 0 Å². The van der Waals surface area contributed by atoms with Gasteiger partial charge < -0.3 is 14.9 Å². The van der Waals surface area contributed by atoms with Crippen LogP contribution in [0.3, 0.4) is 0 Å². The second-order valence-electron chi connectivity index (χ2n) is 8.63. The van der Waals surface area contributed by atoms with Gasteiger partial charge in [0.2, 0.25) is 11.8 Å². The maximum atomic E-state index is 13.3. The quantitative estimate of drug-likeness (QED) is 0.848. The number of fused-ring (bicyclic) bond motifs is 3. The highest BCUT2D eigenvalue weighted by Gasteiger charge is 2.55. The molecule has 2 aliphatic heterocycles. The van der Waals surface area contributed by atoms with Crippen LogP contribution in [0.5, 0.6) is 0 Å². The number of hydrogen-bond donors (Lipinski definition) is 1. The number of para-hydroxylation sites is 1. The summed E-state index contributed by atoms with van der Waals surface area (Å²) in [6.45, 7) is 0.418. The first-order valence-corrected chi connectivity index (χ1v) is 10.9. The number of hydrogen-bond acceptors (Lipinski definition) is 4. The van der Waals surface area contributed by atoms with Crippen molar-refractivity contribution < 1.29 is 14.7 Å². The highest BCUT2D eigenvalue weighted by Crippen LogP contribution is 2.49. The van der Waals surface area contributed by atoms with Crippen LogP contribution in [0.25, 0.3) is 0 Å². The number of amides is 2. The fourth-order valence-electron chi connectivity index (χ4n) is 5.59. The van der Waals surface area contributed by atoms with Crippen molar-refractivity contribution in [3.05, 3.63) is 59.9 Å². The summed E-state index contributed by atoms with van der Waals surface area (Å²) in [4.78, 5) is 34.4. The van der Waals surface area contributed by atoms with E-state index in [1.807, 2.05) is 47.4 Å². The smallest absolute Gasteiger partial charge is 0.230 e. The van der Waals surface area contributed by atoms with Crippen molar-refractivity contribution in [1.29, 1.82) is 0 Å². The van der Waals surface area contributed by atoms with Gasteiger partial charge in [0, 0.05) is 36.0 Å². The van der Waals surface area contributed by atoms with Gasteiger partial charge in [0.1, 0.15) is 0 Å². The molecule has 6 nitrogen and oxygen atoms in total. The van der Waals surface area contributed by atoms with Gasteiger partial charge >= 0.3 is 0 Å². The van der Waals surface area contributed by atoms with Gasteiger partial charge in [-0.2, -0.15) is 0 Å². The number of anilines is 1. The highest BCUT2D eigenvalue weighted by atomic mass is 16.3. The summed E-state index contributed by atoms with van der Waals surface area (Å²) in [6.07, 6.45) is 6.02. The normalized spacial score (nSPS) is 25.4. The van der Waals surface area contributed by atoms with E-state index in [4.69, 9.17) is 0 Å². The molecule has 2 aromatic rings. The maximum Gasteiger partial charge on any atom is 0.230 e. The first-order chi connectivity index (χ1) is 14.7. The number of carbonyl (C=O) groups is 2. The van der Waals surface area contributed by atoms with Crippen molar-refractivity contribution in [3.8, 4) is 0 Å². The Morgan fingerprint density at radius 2 is 1.83 bits per heavy atom. The number of pyridine rings is 1. The lowest BCUT2D eigenvalue weighted by Crippen LogP contribution is -2.71. The van der Waals surface area contributed by atoms with Crippen molar-refractivity contribution >= 4 is 17.5 Å². The molecule has 3 atom stereocenters. The van der Waals surface area contributed by atoms with Crippen LogP contribution in [0.2, 0.25) is 0 Å². The highest BCUT2D eigenvalue weighted by molar-refractivity contribution is 5.97. The predicted octanol–water partition coefficient (Wildman–Crippen LogP) is 2.52. The van der Waals surface area contributed by atoms with E-state index >= 15 is 0 Å². The Hall–Kier alpha value is -2.73. The molecule has 3 aliphatic rings. The van der Waals surface area contributed by atoms with Gasteiger partial charge in [-0.15, -0.1) is 0 Å². The molecule has 1 aromatic carbocycles. The Labute approximate surface area is 176 Å². The largest absolute Gasteiger partial charge is 0.394 e. The monoisotopic (exact) mass is 405 g/mol. The molecule has 2 fully saturated rings. The Bertz CT molecular complexity index is 942. The van der Waals surface area contributed by atoms with E-state index in [9.17, 15) is 14.7 Å². The van der Waals surface area contributed by atoms with E-state index < -0.39 is 0 Å². The molecule has 2 amide bonds. The molecule has 0 bridgehead atoms. The summed E-state index contributed by atoms with van der Waals surface area (Å²) in [7, 11) is 0. The third kappa shape index (κ3) is 3.10. The number of aliphatic hydroxyl groups is 1. The third-order valence-electron chi connectivity index (χ3n) is 7.00. The SMILES string of the molecule is O=C(C1CCCC1)N1C[C@@H]2[C@H](c3ccccc31)[C@@H](CO)N2C(=O)Cc1ccccn1. The molecular weight excluding hydrogens is 378 g/mol. The topological polar surface area (TPSA) is 73.7 Å². The van der Waals surface area contributed by atoms with Crippen molar-refractivity contribution in [2.75, 3.05) is 18.1 Å². The van der Waals surface area contributed by atoms with E-state index in [-0.39, 0.29) is 48.8 Å². The minimum absolute atomic E-state index is 0.0401. The van der Waals surface area contributed by atoms with E-state index in [0.29, 0.717) is 6.54 Å². The summed E-state index contributed by atoms with van der Waals surface area (Å²) >= 11 is 0. The Morgan fingerprint density at radius 3 is 2.57 bits per heavy atom. The molecule has 5 rings (SSSR count). The second kappa shape index (κ2) is 7.84. The zero-order valence-corrected chi connectivity index (χ0v) is 17.0. The van der Waals surface area contributed by atoms with E-state index in [2.05, 4.69) is 4.98 Å². The lowest BCUT2D eigenvalue weighted by atomic mass is 9.71. The molecule has 0 spiro atoms. The zero-order valence-electron chi connectivity index (χ0n) is 17.0. The minimum atomic E-state index is -0.254. The molecule has 156 valence electrons. The first kappa shape index (κ1) is 19.2. The predicted molar refractivity (Wildman–Crippen MR) is 113 cm³/mol. The fourth-order valence-corrected chi connectivity index (χ4v) is 5.59. The Kier molecular flexibility index (Phi) is 5.03. The molecule has 1 N–H and O–H groups in total. The van der Waals surface area contributed by atoms with Crippen LogP contribution < -0.4 is 4.90 Å². The second-order valence-corrected chi connectivity index (χ2v) is 8.63. The van der Waals surface area contributed by atoms with Crippen LogP contribution in [0.15, 0.2) is 48.7 Å². The molecular formula is C24H27N3O3. The van der Waals surface area contributed by atoms with Crippen molar-refractivity contribution in [3.63, 3.8) is 0 Å². The van der Waals surface area contributed by atoms with E-state index in [1.54, 1.807) is 11.1 Å². The number of aliphatic hydroxyl groups excluding tert-OH is 1. The summed E-state index contributed by atoms with van der Waals surface area (Å²) in [6, 6.07) is 13.2. The fraction of sp³-hybridized carbons (Fsp3) is 0.458. The van der Waals surface area contributed by atoms with Gasteiger partial charge in [0.15, 0.2) is 0 Å². The average molecular weight is 405 g/mol. The maximum absolute atomic E-state index is 13.3. The number of likely N-dealkylation sites (tertiary alicyclic amines) is 1. The van der Waals surface area contributed by atoms with Crippen LogP contribution in [0.4, 0.5) is 5.69 Å². The van der Waals surface area contributed by atoms with Gasteiger partial charge in [-0.25, -0.2) is 0 Å². The van der Waals surface area contributed by atoms with E-state index in [0.717, 1.165) is 42.6 Å². The van der Waals surface area contributed by atoms with Crippen molar-refractivity contribution in [1.82, 2.24) is 9.88 Å². The Morgan fingerprint density at radius 1 is 1.07 bits per heavy atom. The summed E-state index contributed by atoms with van der Waals surface area (Å²) < 4.78 is 0. The van der Waals surface area contributed by atoms with Crippen LogP contribution >= 0.6 is 0 Å². The molecule has 30 heavy (non-hydrogen) atoms. The Balaban J connectivity index is 1.44. The van der Waals surface area contributed by atoms with Gasteiger partial charge in [0.05, 0.1) is 25.1 Å². The van der Waals surface area contributed by atoms with Gasteiger partial charge in [-0.05, 0) is 36.6 Å². The molecule has 1 saturated heterocycles. The molecule has 1 aromatic heterocycles. The standard InChI is InChI=1S/C24H27N3O3/c28-15-21-23-18-10-3-4-11-19(18)26(24(30)16-7-1-2-8-16)14-20(23)27(21)22(29)13-17-9-5-6-12-25-17/h3-6,9-12,16,20-21,23,28H,1-2,7-8,13-15H2/t20-,21-,23+/m1/s1. The van der Waals surface area contributed by atoms with E-state index in [1.165, 1.54) is 0 Å². The first-order valence-electron chi connectivity index (χ1n) is 10.9. The number of carbonyl (C=O) groups excluding carboxylic acids is 2. The van der Waals surface area contributed by atoms with Gasteiger partial charge in [-0.1, -0.05) is 37.1 Å². The third-order valence-corrected chi connectivity index (χ3v) is 7.00. The number of aromatic nitrogens is 1. The molecule has 1 saturated carbocycles. The minimum Gasteiger partial charge on any atom is -0.394 e. The van der Waals surface area contributed by atoms with Gasteiger partial charge in [-0.3, -0.25) is 14.6 Å². The van der Waals surface area contributed by atoms with Crippen LogP contribution in [0, 0.1) is 5.92 Å². The lowest BCUT2D eigenvalue weighted by molar-refractivity contribution is -0.150. The number of benzene rings is 1. The molecule has 0 radical (unpaired) electrons. The molecule has 6 heteroatoms. The average Bonchev–Trinajstić information content (AvgIpc) is 3.29. The molecule has 0 unspecified atom stereocenters. The summed E-state index contributed by atoms with van der Waals surface area (Å²) in [5.41, 5.74) is 2.74.